The van der Waals surface area contributed by atoms with E-state index in [-0.39, 0.29) is 17.7 Å². The lowest BCUT2D eigenvalue weighted by Crippen LogP contribution is -2.43. The summed E-state index contributed by atoms with van der Waals surface area (Å²) in [5, 5.41) is 17.2. The second kappa shape index (κ2) is 12.2. The number of carbonyl (C=O) groups excluding carboxylic acids is 2. The van der Waals surface area contributed by atoms with E-state index < -0.39 is 22.8 Å². The third-order valence-electron chi connectivity index (χ3n) is 5.40. The Morgan fingerprint density at radius 3 is 2.40 bits per heavy atom. The van der Waals surface area contributed by atoms with Gasteiger partial charge in [0.05, 0.1) is 24.7 Å². The van der Waals surface area contributed by atoms with Gasteiger partial charge in [0.25, 0.3) is 11.6 Å². The van der Waals surface area contributed by atoms with E-state index in [0.717, 1.165) is 16.9 Å². The molecule has 1 unspecified atom stereocenters. The van der Waals surface area contributed by atoms with Gasteiger partial charge in [0.1, 0.15) is 11.8 Å². The number of carbonyl (C=O) groups is 2. The normalized spacial score (nSPS) is 11.3. The van der Waals surface area contributed by atoms with Crippen LogP contribution in [0.3, 0.4) is 0 Å². The molecule has 0 aromatic heterocycles. The van der Waals surface area contributed by atoms with Crippen molar-refractivity contribution in [2.75, 3.05) is 26.1 Å². The monoisotopic (exact) mass is 477 g/mol. The molecule has 0 aliphatic carbocycles. The highest BCUT2D eigenvalue weighted by molar-refractivity contribution is 6.02. The number of hydrogen-bond donors (Lipinski definition) is 2. The molecule has 0 saturated heterocycles. The highest BCUT2D eigenvalue weighted by Gasteiger charge is 2.25. The van der Waals surface area contributed by atoms with E-state index >= 15 is 0 Å². The first-order valence-electron chi connectivity index (χ1n) is 11.0. The summed E-state index contributed by atoms with van der Waals surface area (Å²) in [6, 6.07) is 19.8. The van der Waals surface area contributed by atoms with E-state index in [1.54, 1.807) is 7.11 Å². The zero-order valence-corrected chi connectivity index (χ0v) is 19.5. The van der Waals surface area contributed by atoms with Crippen molar-refractivity contribution in [3.8, 4) is 5.75 Å². The lowest BCUT2D eigenvalue weighted by molar-refractivity contribution is -0.384. The number of anilines is 1. The van der Waals surface area contributed by atoms with Gasteiger partial charge in [-0.25, -0.2) is 4.79 Å². The number of nitrogens with one attached hydrogen (secondary N) is 2. The molecule has 0 aliphatic heterocycles. The van der Waals surface area contributed by atoms with Crippen LogP contribution in [0.1, 0.15) is 21.5 Å². The van der Waals surface area contributed by atoms with Crippen LogP contribution in [-0.2, 0) is 22.4 Å². The summed E-state index contributed by atoms with van der Waals surface area (Å²) < 4.78 is 10.1. The van der Waals surface area contributed by atoms with Gasteiger partial charge in [-0.05, 0) is 35.7 Å². The van der Waals surface area contributed by atoms with Gasteiger partial charge in [0, 0.05) is 30.8 Å². The Morgan fingerprint density at radius 1 is 0.971 bits per heavy atom. The maximum absolute atomic E-state index is 13.2. The van der Waals surface area contributed by atoms with Crippen molar-refractivity contribution in [3.05, 3.63) is 99.6 Å². The highest BCUT2D eigenvalue weighted by atomic mass is 16.6. The fourth-order valence-corrected chi connectivity index (χ4v) is 3.58. The number of ether oxygens (including phenoxy) is 2. The molecule has 182 valence electrons. The van der Waals surface area contributed by atoms with Crippen LogP contribution in [0.25, 0.3) is 0 Å². The molecule has 0 heterocycles. The number of rotatable bonds is 11. The smallest absolute Gasteiger partial charge is 0.328 e. The first-order chi connectivity index (χ1) is 16.9. The number of nitrogens with zero attached hydrogens (tertiary/aromatic N) is 1. The van der Waals surface area contributed by atoms with Gasteiger partial charge in [-0.3, -0.25) is 14.9 Å². The Labute approximate surface area is 203 Å². The summed E-state index contributed by atoms with van der Waals surface area (Å²) in [4.78, 5) is 36.3. The Hall–Kier alpha value is -4.40. The summed E-state index contributed by atoms with van der Waals surface area (Å²) >= 11 is 0. The summed E-state index contributed by atoms with van der Waals surface area (Å²) in [5.41, 5.74) is 2.11. The molecule has 0 fully saturated rings. The van der Waals surface area contributed by atoms with Crippen molar-refractivity contribution in [1.82, 2.24) is 5.32 Å². The van der Waals surface area contributed by atoms with Crippen molar-refractivity contribution in [2.24, 2.45) is 0 Å². The summed E-state index contributed by atoms with van der Waals surface area (Å²) in [5.74, 6) is -0.491. The van der Waals surface area contributed by atoms with Crippen LogP contribution in [0.5, 0.6) is 5.75 Å². The molecule has 2 N–H and O–H groups in total. The topological polar surface area (TPSA) is 120 Å². The fourth-order valence-electron chi connectivity index (χ4n) is 3.58. The second-order valence-corrected chi connectivity index (χ2v) is 7.75. The molecular formula is C26H27N3O6. The molecule has 35 heavy (non-hydrogen) atoms. The van der Waals surface area contributed by atoms with Crippen LogP contribution in [0, 0.1) is 10.1 Å². The Kier molecular flexibility index (Phi) is 8.77. The molecule has 9 nitrogen and oxygen atoms in total. The van der Waals surface area contributed by atoms with Crippen LogP contribution in [0.2, 0.25) is 0 Å². The Balaban J connectivity index is 1.79. The van der Waals surface area contributed by atoms with Gasteiger partial charge in [-0.2, -0.15) is 0 Å². The van der Waals surface area contributed by atoms with Gasteiger partial charge in [0.15, 0.2) is 0 Å². The molecule has 3 rings (SSSR count). The van der Waals surface area contributed by atoms with E-state index in [4.69, 9.17) is 9.47 Å². The van der Waals surface area contributed by atoms with Crippen molar-refractivity contribution in [2.45, 2.75) is 18.9 Å². The van der Waals surface area contributed by atoms with E-state index in [2.05, 4.69) is 10.6 Å². The second-order valence-electron chi connectivity index (χ2n) is 7.75. The molecule has 0 bridgehead atoms. The first kappa shape index (κ1) is 25.2. The lowest BCUT2D eigenvalue weighted by Gasteiger charge is -2.18. The minimum absolute atomic E-state index is 0.0619. The molecular weight excluding hydrogens is 450 g/mol. The van der Waals surface area contributed by atoms with Crippen molar-refractivity contribution < 1.29 is 24.0 Å². The van der Waals surface area contributed by atoms with E-state index in [1.165, 1.54) is 25.3 Å². The number of benzene rings is 3. The largest absolute Gasteiger partial charge is 0.497 e. The average Bonchev–Trinajstić information content (AvgIpc) is 2.88. The number of nitro groups is 1. The SMILES string of the molecule is COC(=O)C(Cc1ccccc1)NC(=O)c1cc([N+](=O)[O-])ccc1NCCc1cccc(OC)c1. The quantitative estimate of drug-likeness (QED) is 0.245. The maximum Gasteiger partial charge on any atom is 0.328 e. The lowest BCUT2D eigenvalue weighted by atomic mass is 10.0. The van der Waals surface area contributed by atoms with Gasteiger partial charge >= 0.3 is 5.97 Å². The van der Waals surface area contributed by atoms with Gasteiger partial charge < -0.3 is 20.1 Å². The number of nitro benzene ring substituents is 1. The Bertz CT molecular complexity index is 1180. The van der Waals surface area contributed by atoms with Crippen molar-refractivity contribution in [1.29, 1.82) is 0 Å². The predicted octanol–water partition coefficient (Wildman–Crippen LogP) is 3.77. The fraction of sp³-hybridized carbons (Fsp3) is 0.231. The van der Waals surface area contributed by atoms with Crippen LogP contribution in [0.15, 0.2) is 72.8 Å². The Morgan fingerprint density at radius 2 is 1.71 bits per heavy atom. The van der Waals surface area contributed by atoms with Crippen molar-refractivity contribution in [3.63, 3.8) is 0 Å². The van der Waals surface area contributed by atoms with Gasteiger partial charge in [-0.1, -0.05) is 42.5 Å². The van der Waals surface area contributed by atoms with E-state index in [0.29, 0.717) is 18.7 Å². The molecule has 1 amide bonds. The number of hydrogen-bond acceptors (Lipinski definition) is 7. The minimum atomic E-state index is -0.959. The molecule has 0 radical (unpaired) electrons. The number of amides is 1. The van der Waals surface area contributed by atoms with E-state index in [1.807, 2.05) is 54.6 Å². The van der Waals surface area contributed by atoms with Gasteiger partial charge in [-0.15, -0.1) is 0 Å². The molecule has 0 aliphatic rings. The van der Waals surface area contributed by atoms with Crippen molar-refractivity contribution >= 4 is 23.3 Å². The third-order valence-corrected chi connectivity index (χ3v) is 5.40. The van der Waals surface area contributed by atoms with E-state index in [9.17, 15) is 19.7 Å². The van der Waals surface area contributed by atoms with Crippen LogP contribution >= 0.6 is 0 Å². The van der Waals surface area contributed by atoms with Gasteiger partial charge in [0.2, 0.25) is 0 Å². The van der Waals surface area contributed by atoms with Crippen LogP contribution in [0.4, 0.5) is 11.4 Å². The zero-order valence-electron chi connectivity index (χ0n) is 19.5. The van der Waals surface area contributed by atoms with Crippen LogP contribution < -0.4 is 15.4 Å². The summed E-state index contributed by atoms with van der Waals surface area (Å²) in [7, 11) is 2.84. The minimum Gasteiger partial charge on any atom is -0.497 e. The molecule has 9 heteroatoms. The predicted molar refractivity (Wildman–Crippen MR) is 132 cm³/mol. The molecule has 0 spiro atoms. The molecule has 1 atom stereocenters. The highest BCUT2D eigenvalue weighted by Crippen LogP contribution is 2.23. The number of esters is 1. The first-order valence-corrected chi connectivity index (χ1v) is 11.0. The average molecular weight is 478 g/mol. The number of methoxy groups -OCH3 is 2. The summed E-state index contributed by atoms with van der Waals surface area (Å²) in [6.45, 7) is 0.468. The third kappa shape index (κ3) is 7.04. The summed E-state index contributed by atoms with van der Waals surface area (Å²) in [6.07, 6.45) is 0.848. The molecule has 0 saturated carbocycles. The zero-order chi connectivity index (χ0) is 25.2. The maximum atomic E-state index is 13.2. The number of non-ortho nitro benzene ring substituents is 1. The standard InChI is InChI=1S/C26H27N3O6/c1-34-21-10-6-9-19(15-21)13-14-27-23-12-11-20(29(32)33)17-22(23)25(30)28-24(26(31)35-2)16-18-7-4-3-5-8-18/h3-12,15,17,24,27H,13-14,16H2,1-2H3,(H,28,30). The molecule has 3 aromatic carbocycles. The molecule has 3 aromatic rings. The van der Waals surface area contributed by atoms with Crippen LogP contribution in [-0.4, -0.2) is 43.6 Å².